The first-order valence-electron chi connectivity index (χ1n) is 4.92. The van der Waals surface area contributed by atoms with Crippen molar-refractivity contribution in [2.75, 3.05) is 13.2 Å². The van der Waals surface area contributed by atoms with Crippen molar-refractivity contribution < 1.29 is 9.53 Å². The highest BCUT2D eigenvalue weighted by molar-refractivity contribution is 5.85. The molecular formula is C11H17ClN2O2. The molecule has 1 rings (SSSR count). The van der Waals surface area contributed by atoms with Crippen LogP contribution < -0.4 is 16.2 Å². The van der Waals surface area contributed by atoms with Crippen LogP contribution in [-0.4, -0.2) is 19.1 Å². The summed E-state index contributed by atoms with van der Waals surface area (Å²) in [4.78, 5) is 10.6. The van der Waals surface area contributed by atoms with E-state index < -0.39 is 0 Å². The zero-order valence-corrected chi connectivity index (χ0v) is 9.83. The Kier molecular flexibility index (Phi) is 7.33. The molecular weight excluding hydrogens is 228 g/mol. The molecule has 90 valence electrons. The third-order valence-electron chi connectivity index (χ3n) is 1.92. The molecule has 0 saturated heterocycles. The molecule has 4 nitrogen and oxygen atoms in total. The quantitative estimate of drug-likeness (QED) is 0.729. The van der Waals surface area contributed by atoms with E-state index >= 15 is 0 Å². The predicted molar refractivity (Wildman–Crippen MR) is 65.8 cm³/mol. The van der Waals surface area contributed by atoms with Gasteiger partial charge >= 0.3 is 0 Å². The topological polar surface area (TPSA) is 78.3 Å². The van der Waals surface area contributed by atoms with Crippen LogP contribution in [0.4, 0.5) is 0 Å². The normalized spacial score (nSPS) is 9.31. The lowest BCUT2D eigenvalue weighted by Gasteiger charge is -2.05. The van der Waals surface area contributed by atoms with Crippen LogP contribution in [0.25, 0.3) is 0 Å². The number of benzene rings is 1. The van der Waals surface area contributed by atoms with E-state index in [9.17, 15) is 4.79 Å². The SMILES string of the molecule is Cl.NCCCOc1ccc(CC(N)=O)cc1. The Labute approximate surface area is 101 Å². The molecule has 0 atom stereocenters. The van der Waals surface area contributed by atoms with Crippen LogP contribution in [0.15, 0.2) is 24.3 Å². The fourth-order valence-electron chi connectivity index (χ4n) is 1.18. The average Bonchev–Trinajstić information content (AvgIpc) is 2.20. The minimum atomic E-state index is -0.327. The molecule has 1 aromatic rings. The van der Waals surface area contributed by atoms with Crippen LogP contribution >= 0.6 is 12.4 Å². The first-order chi connectivity index (χ1) is 7.22. The smallest absolute Gasteiger partial charge is 0.221 e. The molecule has 1 amide bonds. The lowest BCUT2D eigenvalue weighted by Crippen LogP contribution is -2.13. The van der Waals surface area contributed by atoms with Crippen molar-refractivity contribution in [3.8, 4) is 5.75 Å². The molecule has 0 fully saturated rings. The van der Waals surface area contributed by atoms with Gasteiger partial charge in [0.15, 0.2) is 0 Å². The zero-order valence-electron chi connectivity index (χ0n) is 9.02. The van der Waals surface area contributed by atoms with E-state index in [-0.39, 0.29) is 24.7 Å². The molecule has 0 aliphatic carbocycles. The van der Waals surface area contributed by atoms with Gasteiger partial charge in [-0.2, -0.15) is 0 Å². The van der Waals surface area contributed by atoms with Gasteiger partial charge in [-0.1, -0.05) is 12.1 Å². The number of primary amides is 1. The van der Waals surface area contributed by atoms with Gasteiger partial charge in [-0.25, -0.2) is 0 Å². The highest BCUT2D eigenvalue weighted by Gasteiger charge is 1.98. The molecule has 0 unspecified atom stereocenters. The minimum absolute atomic E-state index is 0. The second kappa shape index (κ2) is 7.96. The van der Waals surface area contributed by atoms with Crippen LogP contribution in [0.2, 0.25) is 0 Å². The van der Waals surface area contributed by atoms with Gasteiger partial charge in [-0.15, -0.1) is 12.4 Å². The second-order valence-corrected chi connectivity index (χ2v) is 3.28. The molecule has 4 N–H and O–H groups in total. The van der Waals surface area contributed by atoms with E-state index in [1.165, 1.54) is 0 Å². The van der Waals surface area contributed by atoms with Crippen LogP contribution in [0.5, 0.6) is 5.75 Å². The Bertz CT molecular complexity index is 314. The summed E-state index contributed by atoms with van der Waals surface area (Å²) in [5.74, 6) is 0.462. The minimum Gasteiger partial charge on any atom is -0.494 e. The predicted octanol–water partition coefficient (Wildman–Crippen LogP) is 0.864. The fourth-order valence-corrected chi connectivity index (χ4v) is 1.18. The highest BCUT2D eigenvalue weighted by Crippen LogP contribution is 2.12. The molecule has 5 heteroatoms. The Morgan fingerprint density at radius 1 is 1.25 bits per heavy atom. The largest absolute Gasteiger partial charge is 0.494 e. The zero-order chi connectivity index (χ0) is 11.1. The number of hydrogen-bond acceptors (Lipinski definition) is 3. The van der Waals surface area contributed by atoms with E-state index in [1.807, 2.05) is 24.3 Å². The number of carbonyl (C=O) groups excluding carboxylic acids is 1. The van der Waals surface area contributed by atoms with Crippen LogP contribution in [0, 0.1) is 0 Å². The molecule has 0 aliphatic rings. The number of ether oxygens (including phenoxy) is 1. The number of hydrogen-bond donors (Lipinski definition) is 2. The number of rotatable bonds is 6. The molecule has 0 aromatic heterocycles. The second-order valence-electron chi connectivity index (χ2n) is 3.28. The Morgan fingerprint density at radius 3 is 2.38 bits per heavy atom. The highest BCUT2D eigenvalue weighted by atomic mass is 35.5. The van der Waals surface area contributed by atoms with Crippen LogP contribution in [0.1, 0.15) is 12.0 Å². The van der Waals surface area contributed by atoms with Crippen molar-refractivity contribution in [1.29, 1.82) is 0 Å². The van der Waals surface area contributed by atoms with Gasteiger partial charge < -0.3 is 16.2 Å². The Hall–Kier alpha value is -1.26. The van der Waals surface area contributed by atoms with Gasteiger partial charge in [-0.3, -0.25) is 4.79 Å². The summed E-state index contributed by atoms with van der Waals surface area (Å²) in [6.45, 7) is 1.24. The monoisotopic (exact) mass is 244 g/mol. The number of amides is 1. The summed E-state index contributed by atoms with van der Waals surface area (Å²) in [6.07, 6.45) is 1.10. The Morgan fingerprint density at radius 2 is 1.88 bits per heavy atom. The van der Waals surface area contributed by atoms with Crippen molar-refractivity contribution in [2.45, 2.75) is 12.8 Å². The number of halogens is 1. The van der Waals surface area contributed by atoms with Crippen molar-refractivity contribution in [2.24, 2.45) is 11.5 Å². The van der Waals surface area contributed by atoms with Crippen LogP contribution in [-0.2, 0) is 11.2 Å². The van der Waals surface area contributed by atoms with E-state index in [0.717, 1.165) is 17.7 Å². The van der Waals surface area contributed by atoms with E-state index in [4.69, 9.17) is 16.2 Å². The Balaban J connectivity index is 0.00000225. The molecule has 0 heterocycles. The van der Waals surface area contributed by atoms with Gasteiger partial charge in [0.05, 0.1) is 13.0 Å². The summed E-state index contributed by atoms with van der Waals surface area (Å²) in [5, 5.41) is 0. The van der Waals surface area contributed by atoms with Gasteiger partial charge in [0, 0.05) is 0 Å². The number of nitrogens with two attached hydrogens (primary N) is 2. The van der Waals surface area contributed by atoms with Gasteiger partial charge in [0.25, 0.3) is 0 Å². The van der Waals surface area contributed by atoms with Crippen molar-refractivity contribution in [3.63, 3.8) is 0 Å². The fraction of sp³-hybridized carbons (Fsp3) is 0.364. The first-order valence-corrected chi connectivity index (χ1v) is 4.92. The summed E-state index contributed by atoms with van der Waals surface area (Å²) in [5.41, 5.74) is 11.3. The third kappa shape index (κ3) is 5.58. The molecule has 0 radical (unpaired) electrons. The summed E-state index contributed by atoms with van der Waals surface area (Å²) < 4.78 is 5.41. The van der Waals surface area contributed by atoms with E-state index in [0.29, 0.717) is 13.2 Å². The maximum absolute atomic E-state index is 10.6. The van der Waals surface area contributed by atoms with Crippen molar-refractivity contribution >= 4 is 18.3 Å². The van der Waals surface area contributed by atoms with Crippen molar-refractivity contribution in [1.82, 2.24) is 0 Å². The van der Waals surface area contributed by atoms with Gasteiger partial charge in [0.2, 0.25) is 5.91 Å². The summed E-state index contributed by atoms with van der Waals surface area (Å²) in [6, 6.07) is 7.33. The maximum Gasteiger partial charge on any atom is 0.221 e. The maximum atomic E-state index is 10.6. The molecule has 1 aromatic carbocycles. The van der Waals surface area contributed by atoms with E-state index in [2.05, 4.69) is 0 Å². The third-order valence-corrected chi connectivity index (χ3v) is 1.92. The molecule has 0 saturated carbocycles. The molecule has 16 heavy (non-hydrogen) atoms. The van der Waals surface area contributed by atoms with Crippen molar-refractivity contribution in [3.05, 3.63) is 29.8 Å². The van der Waals surface area contributed by atoms with Gasteiger partial charge in [-0.05, 0) is 30.7 Å². The lowest BCUT2D eigenvalue weighted by atomic mass is 10.1. The van der Waals surface area contributed by atoms with Gasteiger partial charge in [0.1, 0.15) is 5.75 Å². The first kappa shape index (κ1) is 14.7. The molecule has 0 bridgehead atoms. The number of carbonyl (C=O) groups is 1. The average molecular weight is 245 g/mol. The van der Waals surface area contributed by atoms with Crippen LogP contribution in [0.3, 0.4) is 0 Å². The molecule has 0 spiro atoms. The standard InChI is InChI=1S/C11H16N2O2.ClH/c12-6-1-7-15-10-4-2-9(3-5-10)8-11(13)14;/h2-5H,1,6-8,12H2,(H2,13,14);1H. The lowest BCUT2D eigenvalue weighted by molar-refractivity contribution is -0.117. The molecule has 0 aliphatic heterocycles. The summed E-state index contributed by atoms with van der Waals surface area (Å²) >= 11 is 0. The summed E-state index contributed by atoms with van der Waals surface area (Å²) in [7, 11) is 0. The van der Waals surface area contributed by atoms with E-state index in [1.54, 1.807) is 0 Å².